The van der Waals surface area contributed by atoms with Crippen molar-refractivity contribution in [3.8, 4) is 11.4 Å². The molecular weight excluding hydrogens is 334 g/mol. The van der Waals surface area contributed by atoms with Crippen LogP contribution < -0.4 is 11.2 Å². The molecule has 8 heteroatoms. The van der Waals surface area contributed by atoms with Crippen molar-refractivity contribution >= 4 is 29.3 Å². The van der Waals surface area contributed by atoms with Gasteiger partial charge in [-0.2, -0.15) is 0 Å². The zero-order valence-electron chi connectivity index (χ0n) is 12.7. The van der Waals surface area contributed by atoms with Gasteiger partial charge in [-0.25, -0.2) is 4.68 Å². The minimum Gasteiger partial charge on any atom is -0.353 e. The zero-order valence-corrected chi connectivity index (χ0v) is 14.3. The van der Waals surface area contributed by atoms with Gasteiger partial charge in [0.05, 0.1) is 5.75 Å². The van der Waals surface area contributed by atoms with Gasteiger partial charge in [0.1, 0.15) is 0 Å². The van der Waals surface area contributed by atoms with Crippen molar-refractivity contribution in [2.24, 2.45) is 5.92 Å². The predicted octanol–water partition coefficient (Wildman–Crippen LogP) is 2.32. The van der Waals surface area contributed by atoms with Crippen LogP contribution in [0.4, 0.5) is 0 Å². The lowest BCUT2D eigenvalue weighted by molar-refractivity contribution is -0.119. The Labute approximate surface area is 143 Å². The number of halogens is 1. The van der Waals surface area contributed by atoms with Gasteiger partial charge in [0.15, 0.2) is 5.82 Å². The number of nitrogens with zero attached hydrogens (tertiary/aromatic N) is 3. The Morgan fingerprint density at radius 2 is 2.30 bits per heavy atom. The highest BCUT2D eigenvalue weighted by molar-refractivity contribution is 7.99. The molecule has 122 valence electrons. The Hall–Kier alpha value is -1.73. The van der Waals surface area contributed by atoms with Crippen LogP contribution in [0, 0.1) is 5.92 Å². The molecule has 0 bridgehead atoms. The van der Waals surface area contributed by atoms with E-state index in [1.54, 1.807) is 12.1 Å². The Bertz CT molecular complexity index is 716. The maximum atomic E-state index is 11.9. The summed E-state index contributed by atoms with van der Waals surface area (Å²) in [6.45, 7) is 2.04. The molecule has 0 saturated heterocycles. The van der Waals surface area contributed by atoms with Crippen LogP contribution in [0.1, 0.15) is 19.8 Å². The van der Waals surface area contributed by atoms with Crippen molar-refractivity contribution in [1.29, 1.82) is 0 Å². The molecule has 1 atom stereocenters. The molecule has 1 fully saturated rings. The number of hydrogen-bond acceptors (Lipinski definition) is 5. The van der Waals surface area contributed by atoms with E-state index >= 15 is 0 Å². The molecule has 3 rings (SSSR count). The van der Waals surface area contributed by atoms with Gasteiger partial charge in [-0.05, 0) is 37.8 Å². The third kappa shape index (κ3) is 3.97. The maximum Gasteiger partial charge on any atom is 0.230 e. The number of thioether (sulfide) groups is 1. The molecule has 23 heavy (non-hydrogen) atoms. The molecule has 1 aliphatic rings. The van der Waals surface area contributed by atoms with E-state index in [1.165, 1.54) is 29.3 Å². The first-order valence-electron chi connectivity index (χ1n) is 7.43. The molecule has 1 aromatic heterocycles. The summed E-state index contributed by atoms with van der Waals surface area (Å²) in [5.41, 5.74) is 0.783. The highest BCUT2D eigenvalue weighted by Crippen LogP contribution is 2.32. The van der Waals surface area contributed by atoms with E-state index in [0.29, 0.717) is 21.9 Å². The summed E-state index contributed by atoms with van der Waals surface area (Å²) in [6, 6.07) is 7.47. The fraction of sp³-hybridized carbons (Fsp3) is 0.400. The SMILES string of the molecule is C[C@H](NC(=O)CSc1nnc(-c2cccc(Cl)c2)n1N)C1CC1. The van der Waals surface area contributed by atoms with E-state index in [2.05, 4.69) is 15.5 Å². The number of nitrogens with two attached hydrogens (primary N) is 1. The van der Waals surface area contributed by atoms with E-state index in [-0.39, 0.29) is 17.7 Å². The van der Waals surface area contributed by atoms with Crippen molar-refractivity contribution in [1.82, 2.24) is 20.2 Å². The topological polar surface area (TPSA) is 85.8 Å². The average Bonchev–Trinajstić information content (AvgIpc) is 3.30. The number of amides is 1. The van der Waals surface area contributed by atoms with Crippen LogP contribution in [-0.2, 0) is 4.79 Å². The van der Waals surface area contributed by atoms with Crippen LogP contribution in [-0.4, -0.2) is 32.6 Å². The fourth-order valence-corrected chi connectivity index (χ4v) is 3.20. The first kappa shape index (κ1) is 16.1. The second kappa shape index (κ2) is 6.80. The van der Waals surface area contributed by atoms with Crippen LogP contribution in [0.2, 0.25) is 5.02 Å². The lowest BCUT2D eigenvalue weighted by atomic mass is 10.2. The van der Waals surface area contributed by atoms with Gasteiger partial charge < -0.3 is 11.2 Å². The van der Waals surface area contributed by atoms with Crippen LogP contribution in [0.5, 0.6) is 0 Å². The van der Waals surface area contributed by atoms with Gasteiger partial charge >= 0.3 is 0 Å². The molecule has 0 aliphatic heterocycles. The Morgan fingerprint density at radius 3 is 3.00 bits per heavy atom. The number of nitrogens with one attached hydrogen (secondary N) is 1. The summed E-state index contributed by atoms with van der Waals surface area (Å²) in [6.07, 6.45) is 2.41. The first-order valence-corrected chi connectivity index (χ1v) is 8.79. The van der Waals surface area contributed by atoms with Gasteiger partial charge in [-0.1, -0.05) is 35.5 Å². The van der Waals surface area contributed by atoms with E-state index in [4.69, 9.17) is 17.4 Å². The third-order valence-electron chi connectivity index (χ3n) is 3.80. The second-order valence-electron chi connectivity index (χ2n) is 5.67. The predicted molar refractivity (Wildman–Crippen MR) is 91.7 cm³/mol. The monoisotopic (exact) mass is 351 g/mol. The normalized spacial score (nSPS) is 15.4. The van der Waals surface area contributed by atoms with Gasteiger partial charge in [-0.15, -0.1) is 10.2 Å². The second-order valence-corrected chi connectivity index (χ2v) is 7.05. The number of carbonyl (C=O) groups is 1. The number of aromatic nitrogens is 3. The molecule has 1 heterocycles. The summed E-state index contributed by atoms with van der Waals surface area (Å²) < 4.78 is 1.38. The van der Waals surface area contributed by atoms with Crippen LogP contribution in [0.25, 0.3) is 11.4 Å². The Kier molecular flexibility index (Phi) is 4.77. The molecule has 2 aromatic rings. The van der Waals surface area contributed by atoms with Crippen molar-refractivity contribution in [2.45, 2.75) is 31.0 Å². The molecule has 1 aromatic carbocycles. The number of carbonyl (C=O) groups excluding carboxylic acids is 1. The van der Waals surface area contributed by atoms with Crippen molar-refractivity contribution < 1.29 is 4.79 Å². The molecule has 0 unspecified atom stereocenters. The largest absolute Gasteiger partial charge is 0.353 e. The van der Waals surface area contributed by atoms with E-state index < -0.39 is 0 Å². The summed E-state index contributed by atoms with van der Waals surface area (Å²) >= 11 is 7.25. The molecule has 6 nitrogen and oxygen atoms in total. The first-order chi connectivity index (χ1) is 11.0. The highest BCUT2D eigenvalue weighted by Gasteiger charge is 2.28. The number of benzene rings is 1. The number of nitrogen functional groups attached to an aromatic ring is 1. The smallest absolute Gasteiger partial charge is 0.230 e. The average molecular weight is 352 g/mol. The van der Waals surface area contributed by atoms with Crippen LogP contribution >= 0.6 is 23.4 Å². The van der Waals surface area contributed by atoms with Gasteiger partial charge in [0.2, 0.25) is 11.1 Å². The zero-order chi connectivity index (χ0) is 16.4. The number of hydrogen-bond donors (Lipinski definition) is 2. The Morgan fingerprint density at radius 1 is 1.52 bits per heavy atom. The Balaban J connectivity index is 1.62. The summed E-state index contributed by atoms with van der Waals surface area (Å²) in [7, 11) is 0. The molecular formula is C15H18ClN5OS. The van der Waals surface area contributed by atoms with Gasteiger partial charge in [0, 0.05) is 16.6 Å². The standard InChI is InChI=1S/C15H18ClN5OS/c1-9(10-5-6-10)18-13(22)8-23-15-20-19-14(21(15)17)11-3-2-4-12(16)7-11/h2-4,7,9-10H,5-6,8,17H2,1H3,(H,18,22)/t9-/m0/s1. The summed E-state index contributed by atoms with van der Waals surface area (Å²) in [4.78, 5) is 11.9. The summed E-state index contributed by atoms with van der Waals surface area (Å²) in [5, 5.41) is 12.2. The molecule has 1 saturated carbocycles. The molecule has 0 radical (unpaired) electrons. The lowest BCUT2D eigenvalue weighted by Gasteiger charge is -2.12. The van der Waals surface area contributed by atoms with E-state index in [9.17, 15) is 4.79 Å². The van der Waals surface area contributed by atoms with Gasteiger partial charge in [0.25, 0.3) is 0 Å². The van der Waals surface area contributed by atoms with E-state index in [1.807, 2.05) is 19.1 Å². The highest BCUT2D eigenvalue weighted by atomic mass is 35.5. The van der Waals surface area contributed by atoms with Crippen LogP contribution in [0.15, 0.2) is 29.4 Å². The third-order valence-corrected chi connectivity index (χ3v) is 4.98. The quantitative estimate of drug-likeness (QED) is 0.616. The lowest BCUT2D eigenvalue weighted by Crippen LogP contribution is -2.35. The van der Waals surface area contributed by atoms with Crippen LogP contribution in [0.3, 0.4) is 0 Å². The minimum absolute atomic E-state index is 0.0123. The fourth-order valence-electron chi connectivity index (χ4n) is 2.34. The van der Waals surface area contributed by atoms with Gasteiger partial charge in [-0.3, -0.25) is 4.79 Å². The van der Waals surface area contributed by atoms with Crippen molar-refractivity contribution in [3.63, 3.8) is 0 Å². The summed E-state index contributed by atoms with van der Waals surface area (Å²) in [5.74, 6) is 7.43. The molecule has 1 aliphatic carbocycles. The number of rotatable bonds is 6. The maximum absolute atomic E-state index is 11.9. The molecule has 3 N–H and O–H groups in total. The molecule has 0 spiro atoms. The molecule has 1 amide bonds. The minimum atomic E-state index is -0.0123. The van der Waals surface area contributed by atoms with E-state index in [0.717, 1.165) is 5.56 Å². The van der Waals surface area contributed by atoms with Crippen molar-refractivity contribution in [2.75, 3.05) is 11.6 Å². The van der Waals surface area contributed by atoms with Crippen molar-refractivity contribution in [3.05, 3.63) is 29.3 Å².